The highest BCUT2D eigenvalue weighted by Crippen LogP contribution is 2.45. The molecule has 7 heteroatoms. The average molecular weight is 492 g/mol. The van der Waals surface area contributed by atoms with Crippen molar-refractivity contribution in [1.82, 2.24) is 4.90 Å². The Balaban J connectivity index is 1.21. The molecule has 2 unspecified atom stereocenters. The summed E-state index contributed by atoms with van der Waals surface area (Å²) in [6, 6.07) is 19.7. The molecule has 1 aliphatic carbocycles. The van der Waals surface area contributed by atoms with Gasteiger partial charge in [-0.15, -0.1) is 0 Å². The summed E-state index contributed by atoms with van der Waals surface area (Å²) >= 11 is 0. The van der Waals surface area contributed by atoms with Crippen molar-refractivity contribution in [2.45, 2.75) is 43.9 Å². The maximum atomic E-state index is 14.7. The molecule has 0 radical (unpaired) electrons. The number of halogens is 3. The van der Waals surface area contributed by atoms with Gasteiger partial charge < -0.3 is 9.47 Å². The lowest BCUT2D eigenvalue weighted by Crippen LogP contribution is -2.43. The maximum absolute atomic E-state index is 14.7. The predicted octanol–water partition coefficient (Wildman–Crippen LogP) is 7.00. The van der Waals surface area contributed by atoms with E-state index in [1.165, 1.54) is 18.2 Å². The molecule has 1 fully saturated rings. The van der Waals surface area contributed by atoms with Crippen LogP contribution in [0.15, 0.2) is 72.8 Å². The van der Waals surface area contributed by atoms with Crippen LogP contribution in [0.5, 0.6) is 5.75 Å². The molecule has 1 saturated heterocycles. The standard InChI is InChI=1S/C29H24F3NO3/c30-25-10-5-11-26(36-28(31)32)27(25)17-14-18-12-13-19(15-17)33(18)29(34)35-16-24-22-8-3-1-6-20(22)21-7-2-4-9-23(21)24/h1-11,14,18-19,24,28H,12-13,15-16H2. The molecule has 184 valence electrons. The highest BCUT2D eigenvalue weighted by molar-refractivity contribution is 5.80. The van der Waals surface area contributed by atoms with Crippen molar-refractivity contribution >= 4 is 11.7 Å². The number of nitrogens with zero attached hydrogens (tertiary/aromatic N) is 1. The monoisotopic (exact) mass is 491 g/mol. The first-order chi connectivity index (χ1) is 17.5. The van der Waals surface area contributed by atoms with E-state index < -0.39 is 18.5 Å². The molecule has 2 bridgehead atoms. The zero-order valence-electron chi connectivity index (χ0n) is 19.4. The summed E-state index contributed by atoms with van der Waals surface area (Å²) in [4.78, 5) is 15.0. The molecule has 0 spiro atoms. The first kappa shape index (κ1) is 22.7. The Morgan fingerprint density at radius 3 is 2.31 bits per heavy atom. The van der Waals surface area contributed by atoms with E-state index in [0.29, 0.717) is 18.4 Å². The highest BCUT2D eigenvalue weighted by Gasteiger charge is 2.42. The molecule has 3 aromatic rings. The van der Waals surface area contributed by atoms with E-state index in [2.05, 4.69) is 29.0 Å². The number of ether oxygens (including phenoxy) is 2. The predicted molar refractivity (Wildman–Crippen MR) is 129 cm³/mol. The van der Waals surface area contributed by atoms with Gasteiger partial charge in [-0.1, -0.05) is 60.7 Å². The van der Waals surface area contributed by atoms with Crippen LogP contribution < -0.4 is 4.74 Å². The van der Waals surface area contributed by atoms with Gasteiger partial charge in [-0.3, -0.25) is 4.90 Å². The fourth-order valence-corrected chi connectivity index (χ4v) is 5.98. The van der Waals surface area contributed by atoms with Gasteiger partial charge in [0.2, 0.25) is 0 Å². The van der Waals surface area contributed by atoms with Crippen LogP contribution in [0.2, 0.25) is 0 Å². The molecule has 36 heavy (non-hydrogen) atoms. The summed E-state index contributed by atoms with van der Waals surface area (Å²) in [5.41, 5.74) is 5.22. The van der Waals surface area contributed by atoms with Crippen LogP contribution in [0, 0.1) is 5.82 Å². The number of hydrogen-bond donors (Lipinski definition) is 0. The normalized spacial score (nSPS) is 20.2. The number of fused-ring (bicyclic) bond motifs is 5. The lowest BCUT2D eigenvalue weighted by atomic mass is 9.94. The van der Waals surface area contributed by atoms with Crippen molar-refractivity contribution in [3.05, 3.63) is 95.3 Å². The number of benzene rings is 3. The second-order valence-corrected chi connectivity index (χ2v) is 9.40. The van der Waals surface area contributed by atoms with E-state index in [9.17, 15) is 18.0 Å². The van der Waals surface area contributed by atoms with Crippen LogP contribution in [0.3, 0.4) is 0 Å². The maximum Gasteiger partial charge on any atom is 0.410 e. The highest BCUT2D eigenvalue weighted by atomic mass is 19.3. The Bertz CT molecular complexity index is 1310. The minimum absolute atomic E-state index is 0.0395. The Morgan fingerprint density at radius 2 is 1.64 bits per heavy atom. The van der Waals surface area contributed by atoms with E-state index in [4.69, 9.17) is 4.74 Å². The second kappa shape index (κ2) is 9.04. The summed E-state index contributed by atoms with van der Waals surface area (Å²) in [6.07, 6.45) is 3.17. The van der Waals surface area contributed by atoms with Gasteiger partial charge in [-0.25, -0.2) is 9.18 Å². The summed E-state index contributed by atoms with van der Waals surface area (Å²) in [5, 5.41) is 0. The smallest absolute Gasteiger partial charge is 0.410 e. The molecule has 1 amide bonds. The molecule has 2 atom stereocenters. The first-order valence-corrected chi connectivity index (χ1v) is 12.1. The van der Waals surface area contributed by atoms with Crippen LogP contribution in [0.25, 0.3) is 16.7 Å². The van der Waals surface area contributed by atoms with Gasteiger partial charge >= 0.3 is 12.7 Å². The fraction of sp³-hybridized carbons (Fsp3) is 0.276. The lowest BCUT2D eigenvalue weighted by molar-refractivity contribution is -0.0502. The van der Waals surface area contributed by atoms with Gasteiger partial charge in [0.05, 0.1) is 11.6 Å². The summed E-state index contributed by atoms with van der Waals surface area (Å²) in [6.45, 7) is -2.83. The lowest BCUT2D eigenvalue weighted by Gasteiger charge is -2.34. The van der Waals surface area contributed by atoms with Crippen molar-refractivity contribution in [2.75, 3.05) is 6.61 Å². The quantitative estimate of drug-likeness (QED) is 0.386. The largest absolute Gasteiger partial charge is 0.448 e. The Hall–Kier alpha value is -3.74. The second-order valence-electron chi connectivity index (χ2n) is 9.40. The molecule has 2 heterocycles. The van der Waals surface area contributed by atoms with Crippen molar-refractivity contribution in [2.24, 2.45) is 0 Å². The number of carbonyl (C=O) groups is 1. The van der Waals surface area contributed by atoms with Crippen molar-refractivity contribution in [1.29, 1.82) is 0 Å². The Labute approximate surface area is 206 Å². The molecule has 4 nitrogen and oxygen atoms in total. The third-order valence-electron chi connectivity index (χ3n) is 7.45. The van der Waals surface area contributed by atoms with Crippen LogP contribution in [-0.2, 0) is 4.74 Å². The van der Waals surface area contributed by atoms with Gasteiger partial charge in [-0.05, 0) is 59.2 Å². The van der Waals surface area contributed by atoms with Crippen LogP contribution in [-0.4, -0.2) is 36.3 Å². The third-order valence-corrected chi connectivity index (χ3v) is 7.45. The topological polar surface area (TPSA) is 38.8 Å². The Morgan fingerprint density at radius 1 is 0.944 bits per heavy atom. The van der Waals surface area contributed by atoms with E-state index in [-0.39, 0.29) is 35.9 Å². The van der Waals surface area contributed by atoms with Gasteiger partial charge in [0.15, 0.2) is 0 Å². The van der Waals surface area contributed by atoms with Crippen LogP contribution in [0.1, 0.15) is 41.9 Å². The van der Waals surface area contributed by atoms with E-state index in [1.807, 2.05) is 24.3 Å². The zero-order valence-corrected chi connectivity index (χ0v) is 19.4. The van der Waals surface area contributed by atoms with E-state index in [0.717, 1.165) is 28.7 Å². The Kier molecular flexibility index (Phi) is 5.70. The van der Waals surface area contributed by atoms with Crippen molar-refractivity contribution < 1.29 is 27.4 Å². The van der Waals surface area contributed by atoms with Gasteiger partial charge in [0.1, 0.15) is 18.2 Å². The van der Waals surface area contributed by atoms with Crippen LogP contribution in [0.4, 0.5) is 18.0 Å². The molecule has 2 aliphatic heterocycles. The molecular formula is C29H24F3NO3. The summed E-state index contributed by atoms with van der Waals surface area (Å²) in [5.74, 6) is -0.846. The number of rotatable bonds is 5. The van der Waals surface area contributed by atoms with Crippen LogP contribution >= 0.6 is 0 Å². The van der Waals surface area contributed by atoms with Gasteiger partial charge in [0.25, 0.3) is 0 Å². The van der Waals surface area contributed by atoms with Crippen molar-refractivity contribution in [3.8, 4) is 16.9 Å². The third kappa shape index (κ3) is 3.83. The number of carbonyl (C=O) groups excluding carboxylic acids is 1. The van der Waals surface area contributed by atoms with Crippen molar-refractivity contribution in [3.63, 3.8) is 0 Å². The first-order valence-electron chi connectivity index (χ1n) is 12.1. The molecule has 3 aromatic carbocycles. The molecule has 0 aromatic heterocycles. The molecular weight excluding hydrogens is 467 g/mol. The van der Waals surface area contributed by atoms with E-state index in [1.54, 1.807) is 11.0 Å². The molecule has 0 saturated carbocycles. The molecule has 0 N–H and O–H groups in total. The van der Waals surface area contributed by atoms with Gasteiger partial charge in [0, 0.05) is 12.0 Å². The average Bonchev–Trinajstić information content (AvgIpc) is 3.33. The molecule has 6 rings (SSSR count). The summed E-state index contributed by atoms with van der Waals surface area (Å²) < 4.78 is 50.9. The molecule has 3 aliphatic rings. The number of hydrogen-bond acceptors (Lipinski definition) is 3. The summed E-state index contributed by atoms with van der Waals surface area (Å²) in [7, 11) is 0. The number of amides is 1. The number of alkyl halides is 2. The van der Waals surface area contributed by atoms with E-state index >= 15 is 0 Å². The minimum Gasteiger partial charge on any atom is -0.448 e. The minimum atomic E-state index is -3.05. The SMILES string of the molecule is O=C(OCC1c2ccccc2-c2ccccc21)N1C2C=C(c3c(F)cccc3OC(F)F)CC1CC2. The fourth-order valence-electron chi connectivity index (χ4n) is 5.98. The van der Waals surface area contributed by atoms with Gasteiger partial charge in [-0.2, -0.15) is 8.78 Å². The zero-order chi connectivity index (χ0) is 24.8.